The fourth-order valence-corrected chi connectivity index (χ4v) is 4.34. The van der Waals surface area contributed by atoms with E-state index >= 15 is 0 Å². The van der Waals surface area contributed by atoms with E-state index in [0.29, 0.717) is 17.5 Å². The van der Waals surface area contributed by atoms with Crippen molar-refractivity contribution in [2.75, 3.05) is 5.32 Å². The van der Waals surface area contributed by atoms with Crippen LogP contribution < -0.4 is 5.32 Å². The van der Waals surface area contributed by atoms with E-state index < -0.39 is 0 Å². The SMILES string of the molecule is CC1CCC(Cc2cc(-c3cccc(NCc4cccc(F)c4)n3)c(Cl)cn2)CC1. The molecule has 3 nitrogen and oxygen atoms in total. The van der Waals surface area contributed by atoms with Crippen LogP contribution in [0.1, 0.15) is 43.9 Å². The lowest BCUT2D eigenvalue weighted by Crippen LogP contribution is -2.15. The van der Waals surface area contributed by atoms with Gasteiger partial charge in [0, 0.05) is 24.0 Å². The molecule has 0 spiro atoms. The maximum absolute atomic E-state index is 13.4. The number of benzene rings is 1. The molecule has 5 heteroatoms. The molecule has 30 heavy (non-hydrogen) atoms. The van der Waals surface area contributed by atoms with Gasteiger partial charge in [-0.1, -0.05) is 49.6 Å². The van der Waals surface area contributed by atoms with Crippen molar-refractivity contribution < 1.29 is 4.39 Å². The van der Waals surface area contributed by atoms with E-state index in [1.807, 2.05) is 24.3 Å². The standard InChI is InChI=1S/C25H27ClFN3/c1-17-8-10-18(11-9-17)13-21-14-22(23(26)16-28-21)24-6-3-7-25(30-24)29-15-19-4-2-5-20(27)12-19/h2-7,12,14,16-18H,8-11,13,15H2,1H3,(H,29,30). The van der Waals surface area contributed by atoms with Crippen LogP contribution >= 0.6 is 11.6 Å². The van der Waals surface area contributed by atoms with Crippen molar-refractivity contribution >= 4 is 17.4 Å². The van der Waals surface area contributed by atoms with Gasteiger partial charge in [0.15, 0.2) is 0 Å². The predicted molar refractivity (Wildman–Crippen MR) is 121 cm³/mol. The number of anilines is 1. The fourth-order valence-electron chi connectivity index (χ4n) is 4.14. The largest absolute Gasteiger partial charge is 0.366 e. The third-order valence-electron chi connectivity index (χ3n) is 5.93. The van der Waals surface area contributed by atoms with E-state index in [0.717, 1.165) is 40.7 Å². The molecule has 1 saturated carbocycles. The van der Waals surface area contributed by atoms with E-state index in [4.69, 9.17) is 16.6 Å². The van der Waals surface area contributed by atoms with Gasteiger partial charge in [0.1, 0.15) is 11.6 Å². The van der Waals surface area contributed by atoms with Crippen LogP contribution in [0.4, 0.5) is 10.2 Å². The highest BCUT2D eigenvalue weighted by Crippen LogP contribution is 2.32. The Balaban J connectivity index is 1.48. The van der Waals surface area contributed by atoms with Crippen LogP contribution in [0.3, 0.4) is 0 Å². The first kappa shape index (κ1) is 20.8. The second-order valence-electron chi connectivity index (χ2n) is 8.38. The highest BCUT2D eigenvalue weighted by atomic mass is 35.5. The molecular weight excluding hydrogens is 397 g/mol. The highest BCUT2D eigenvalue weighted by Gasteiger charge is 2.19. The van der Waals surface area contributed by atoms with Gasteiger partial charge in [-0.3, -0.25) is 4.98 Å². The molecule has 1 fully saturated rings. The molecule has 0 atom stereocenters. The van der Waals surface area contributed by atoms with E-state index in [-0.39, 0.29) is 5.82 Å². The second-order valence-corrected chi connectivity index (χ2v) is 8.78. The Labute approximate surface area is 182 Å². The summed E-state index contributed by atoms with van der Waals surface area (Å²) in [5, 5.41) is 3.87. The molecule has 1 aliphatic carbocycles. The summed E-state index contributed by atoms with van der Waals surface area (Å²) in [6, 6.07) is 14.5. The summed E-state index contributed by atoms with van der Waals surface area (Å²) in [6.07, 6.45) is 7.91. The Morgan fingerprint density at radius 2 is 1.87 bits per heavy atom. The lowest BCUT2D eigenvalue weighted by atomic mass is 9.81. The number of halogens is 2. The average molecular weight is 424 g/mol. The zero-order valence-corrected chi connectivity index (χ0v) is 18.0. The number of aromatic nitrogens is 2. The van der Waals surface area contributed by atoms with E-state index in [2.05, 4.69) is 23.3 Å². The Morgan fingerprint density at radius 3 is 2.67 bits per heavy atom. The lowest BCUT2D eigenvalue weighted by molar-refractivity contribution is 0.287. The summed E-state index contributed by atoms with van der Waals surface area (Å²) in [5.74, 6) is 2.05. The maximum atomic E-state index is 13.4. The summed E-state index contributed by atoms with van der Waals surface area (Å²) < 4.78 is 13.4. The summed E-state index contributed by atoms with van der Waals surface area (Å²) >= 11 is 6.47. The number of rotatable bonds is 6. The lowest BCUT2D eigenvalue weighted by Gasteiger charge is -2.25. The Morgan fingerprint density at radius 1 is 1.07 bits per heavy atom. The summed E-state index contributed by atoms with van der Waals surface area (Å²) in [5.41, 5.74) is 3.66. The van der Waals surface area contributed by atoms with Crippen LogP contribution in [-0.4, -0.2) is 9.97 Å². The zero-order valence-electron chi connectivity index (χ0n) is 17.2. The number of nitrogens with zero attached hydrogens (tertiary/aromatic N) is 2. The van der Waals surface area contributed by atoms with Crippen LogP contribution in [0.5, 0.6) is 0 Å². The summed E-state index contributed by atoms with van der Waals surface area (Å²) in [7, 11) is 0. The molecule has 0 radical (unpaired) electrons. The smallest absolute Gasteiger partial charge is 0.126 e. The monoisotopic (exact) mass is 423 g/mol. The molecule has 2 aromatic heterocycles. The van der Waals surface area contributed by atoms with Crippen molar-refractivity contribution in [2.24, 2.45) is 11.8 Å². The Kier molecular flexibility index (Phi) is 6.63. The van der Waals surface area contributed by atoms with Crippen molar-refractivity contribution in [3.8, 4) is 11.3 Å². The minimum absolute atomic E-state index is 0.237. The van der Waals surface area contributed by atoms with Crippen LogP contribution in [0.25, 0.3) is 11.3 Å². The first-order valence-corrected chi connectivity index (χ1v) is 11.0. The second kappa shape index (κ2) is 9.57. The number of hydrogen-bond donors (Lipinski definition) is 1. The molecule has 0 unspecified atom stereocenters. The summed E-state index contributed by atoms with van der Waals surface area (Å²) in [6.45, 7) is 2.85. The molecule has 1 aromatic carbocycles. The highest BCUT2D eigenvalue weighted by molar-refractivity contribution is 6.33. The fraction of sp³-hybridized carbons (Fsp3) is 0.360. The van der Waals surface area contributed by atoms with Gasteiger partial charge in [-0.15, -0.1) is 0 Å². The third kappa shape index (κ3) is 5.37. The predicted octanol–water partition coefficient (Wildman–Crippen LogP) is 6.92. The van der Waals surface area contributed by atoms with Crippen molar-refractivity contribution in [1.82, 2.24) is 9.97 Å². The minimum atomic E-state index is -0.237. The number of pyridine rings is 2. The minimum Gasteiger partial charge on any atom is -0.366 e. The molecular formula is C25H27ClFN3. The van der Waals surface area contributed by atoms with Gasteiger partial charge in [0.25, 0.3) is 0 Å². The molecule has 0 amide bonds. The zero-order chi connectivity index (χ0) is 20.9. The van der Waals surface area contributed by atoms with Gasteiger partial charge in [0.2, 0.25) is 0 Å². The van der Waals surface area contributed by atoms with Gasteiger partial charge in [-0.05, 0) is 67.0 Å². The molecule has 0 aliphatic heterocycles. The molecule has 2 heterocycles. The molecule has 4 rings (SSSR count). The van der Waals surface area contributed by atoms with Crippen LogP contribution in [0, 0.1) is 17.7 Å². The maximum Gasteiger partial charge on any atom is 0.126 e. The number of nitrogens with one attached hydrogen (secondary N) is 1. The molecule has 3 aromatic rings. The van der Waals surface area contributed by atoms with Crippen molar-refractivity contribution in [3.63, 3.8) is 0 Å². The molecule has 156 valence electrons. The van der Waals surface area contributed by atoms with Gasteiger partial charge >= 0.3 is 0 Å². The topological polar surface area (TPSA) is 37.8 Å². The van der Waals surface area contributed by atoms with E-state index in [1.54, 1.807) is 12.3 Å². The quantitative estimate of drug-likeness (QED) is 0.467. The Hall–Kier alpha value is -2.46. The van der Waals surface area contributed by atoms with E-state index in [9.17, 15) is 4.39 Å². The third-order valence-corrected chi connectivity index (χ3v) is 6.23. The van der Waals surface area contributed by atoms with Crippen molar-refractivity contribution in [3.05, 3.63) is 76.8 Å². The van der Waals surface area contributed by atoms with Gasteiger partial charge in [-0.25, -0.2) is 9.37 Å². The number of hydrogen-bond acceptors (Lipinski definition) is 3. The molecule has 1 aliphatic rings. The molecule has 1 N–H and O–H groups in total. The Bertz CT molecular complexity index is 999. The van der Waals surface area contributed by atoms with Gasteiger partial charge in [0.05, 0.1) is 10.7 Å². The summed E-state index contributed by atoms with van der Waals surface area (Å²) in [4.78, 5) is 9.30. The van der Waals surface area contributed by atoms with Crippen LogP contribution in [0.2, 0.25) is 5.02 Å². The van der Waals surface area contributed by atoms with Gasteiger partial charge in [-0.2, -0.15) is 0 Å². The first-order chi connectivity index (χ1) is 14.6. The molecule has 0 bridgehead atoms. The average Bonchev–Trinajstić information content (AvgIpc) is 2.75. The first-order valence-electron chi connectivity index (χ1n) is 10.7. The van der Waals surface area contributed by atoms with E-state index in [1.165, 1.54) is 37.8 Å². The normalized spacial score (nSPS) is 18.9. The van der Waals surface area contributed by atoms with Crippen molar-refractivity contribution in [2.45, 2.75) is 45.6 Å². The van der Waals surface area contributed by atoms with Crippen LogP contribution in [0.15, 0.2) is 54.7 Å². The van der Waals surface area contributed by atoms with Crippen LogP contribution in [-0.2, 0) is 13.0 Å². The van der Waals surface area contributed by atoms with Gasteiger partial charge < -0.3 is 5.32 Å². The van der Waals surface area contributed by atoms with Crippen molar-refractivity contribution in [1.29, 1.82) is 0 Å². The molecule has 0 saturated heterocycles.